The first-order chi connectivity index (χ1) is 9.21. The van der Waals surface area contributed by atoms with Gasteiger partial charge in [-0.15, -0.1) is 0 Å². The topological polar surface area (TPSA) is 55.8 Å². The highest BCUT2D eigenvalue weighted by molar-refractivity contribution is 5.63. The number of methoxy groups -OCH3 is 1. The lowest BCUT2D eigenvalue weighted by molar-refractivity contribution is -0.109. The zero-order valence-corrected chi connectivity index (χ0v) is 10.7. The first-order valence-electron chi connectivity index (χ1n) is 6.36. The molecule has 4 nitrogen and oxygen atoms in total. The molecule has 0 aromatic heterocycles. The number of carbonyl (C=O) groups excluding carboxylic acids is 1. The molecule has 1 aromatic rings. The molecule has 0 saturated carbocycles. The lowest BCUT2D eigenvalue weighted by atomic mass is 9.70. The van der Waals surface area contributed by atoms with E-state index in [9.17, 15) is 9.90 Å². The van der Waals surface area contributed by atoms with Gasteiger partial charge in [-0.3, -0.25) is 0 Å². The van der Waals surface area contributed by atoms with Gasteiger partial charge in [-0.25, -0.2) is 0 Å². The third-order valence-corrected chi connectivity index (χ3v) is 4.03. The quantitative estimate of drug-likeness (QED) is 0.662. The predicted octanol–water partition coefficient (Wildman–Crippen LogP) is 1.60. The summed E-state index contributed by atoms with van der Waals surface area (Å²) in [5.74, 6) is 1.36. The zero-order chi connectivity index (χ0) is 13.5. The zero-order valence-electron chi connectivity index (χ0n) is 10.7. The average molecular weight is 260 g/mol. The molecule has 1 heterocycles. The van der Waals surface area contributed by atoms with Crippen LogP contribution in [-0.4, -0.2) is 30.7 Å². The highest BCUT2D eigenvalue weighted by atomic mass is 16.5. The van der Waals surface area contributed by atoms with E-state index in [1.807, 2.05) is 24.3 Å². The second kappa shape index (κ2) is 4.38. The molecule has 2 aliphatic rings. The number of para-hydroxylation sites is 1. The molecule has 0 amide bonds. The van der Waals surface area contributed by atoms with Crippen LogP contribution < -0.4 is 9.47 Å². The number of hydrogen-bond acceptors (Lipinski definition) is 4. The second-order valence-corrected chi connectivity index (χ2v) is 5.02. The van der Waals surface area contributed by atoms with Crippen molar-refractivity contribution in [2.75, 3.05) is 7.11 Å². The summed E-state index contributed by atoms with van der Waals surface area (Å²) in [4.78, 5) is 11.1. The molecule has 100 valence electrons. The van der Waals surface area contributed by atoms with Gasteiger partial charge in [-0.05, 0) is 6.07 Å². The Morgan fingerprint density at radius 3 is 3.16 bits per heavy atom. The fraction of sp³-hybridized carbons (Fsp3) is 0.400. The van der Waals surface area contributed by atoms with Crippen molar-refractivity contribution in [3.05, 3.63) is 35.9 Å². The maximum absolute atomic E-state index is 11.1. The van der Waals surface area contributed by atoms with Crippen molar-refractivity contribution < 1.29 is 19.4 Å². The van der Waals surface area contributed by atoms with Gasteiger partial charge in [0, 0.05) is 18.4 Å². The summed E-state index contributed by atoms with van der Waals surface area (Å²) in [6, 6.07) is 5.70. The highest BCUT2D eigenvalue weighted by Crippen LogP contribution is 2.52. The van der Waals surface area contributed by atoms with Gasteiger partial charge in [-0.2, -0.15) is 0 Å². The van der Waals surface area contributed by atoms with Gasteiger partial charge in [0.1, 0.15) is 12.4 Å². The number of benzene rings is 1. The Morgan fingerprint density at radius 2 is 2.42 bits per heavy atom. The number of fused-ring (bicyclic) bond motifs is 3. The number of rotatable bonds is 3. The summed E-state index contributed by atoms with van der Waals surface area (Å²) in [6.45, 7) is 0. The molecule has 0 spiro atoms. The monoisotopic (exact) mass is 260 g/mol. The lowest BCUT2D eigenvalue weighted by Gasteiger charge is -2.34. The van der Waals surface area contributed by atoms with Crippen molar-refractivity contribution in [2.24, 2.45) is 0 Å². The maximum Gasteiger partial charge on any atom is 0.165 e. The summed E-state index contributed by atoms with van der Waals surface area (Å²) in [6.07, 6.45) is 4.66. The van der Waals surface area contributed by atoms with Gasteiger partial charge in [-0.1, -0.05) is 24.3 Å². The van der Waals surface area contributed by atoms with Crippen molar-refractivity contribution in [1.29, 1.82) is 0 Å². The molecule has 0 unspecified atom stereocenters. The number of aldehydes is 1. The third kappa shape index (κ3) is 1.67. The van der Waals surface area contributed by atoms with E-state index in [2.05, 4.69) is 0 Å². The predicted molar refractivity (Wildman–Crippen MR) is 69.5 cm³/mol. The number of aliphatic hydroxyl groups is 1. The number of ether oxygens (including phenoxy) is 2. The van der Waals surface area contributed by atoms with Crippen LogP contribution in [0.1, 0.15) is 18.4 Å². The summed E-state index contributed by atoms with van der Waals surface area (Å²) in [7, 11) is 1.60. The highest BCUT2D eigenvalue weighted by Gasteiger charge is 2.50. The lowest BCUT2D eigenvalue weighted by Crippen LogP contribution is -2.42. The van der Waals surface area contributed by atoms with E-state index in [4.69, 9.17) is 9.47 Å². The Hall–Kier alpha value is -1.81. The summed E-state index contributed by atoms with van der Waals surface area (Å²) in [5.41, 5.74) is 0.498. The van der Waals surface area contributed by atoms with Crippen LogP contribution in [0.4, 0.5) is 0 Å². The van der Waals surface area contributed by atoms with E-state index >= 15 is 0 Å². The molecule has 0 saturated heterocycles. The largest absolute Gasteiger partial charge is 0.493 e. The molecule has 0 fully saturated rings. The minimum atomic E-state index is -0.523. The van der Waals surface area contributed by atoms with Crippen LogP contribution in [0, 0.1) is 0 Å². The summed E-state index contributed by atoms with van der Waals surface area (Å²) >= 11 is 0. The SMILES string of the molecule is COc1cccc2c1O[C@H]1C[C@@H](O)C=C[C@@]21CC=O. The average Bonchev–Trinajstić information content (AvgIpc) is 2.73. The summed E-state index contributed by atoms with van der Waals surface area (Å²) < 4.78 is 11.3. The molecule has 1 aliphatic carbocycles. The van der Waals surface area contributed by atoms with Crippen LogP contribution in [-0.2, 0) is 10.2 Å². The van der Waals surface area contributed by atoms with E-state index in [1.165, 1.54) is 0 Å². The standard InChI is InChI=1S/C15H16O4/c1-18-12-4-2-3-11-14(12)19-13-9-10(17)5-6-15(11,13)7-8-16/h2-6,8,10,13,17H,7,9H2,1H3/t10-,13-,15+/m0/s1. The molecular weight excluding hydrogens is 244 g/mol. The normalized spacial score (nSPS) is 31.3. The molecule has 1 N–H and O–H groups in total. The number of hydrogen-bond donors (Lipinski definition) is 1. The molecule has 1 aliphatic heterocycles. The van der Waals surface area contributed by atoms with Crippen LogP contribution in [0.5, 0.6) is 11.5 Å². The Balaban J connectivity index is 2.16. The van der Waals surface area contributed by atoms with E-state index in [0.29, 0.717) is 24.3 Å². The van der Waals surface area contributed by atoms with E-state index in [1.54, 1.807) is 13.2 Å². The Morgan fingerprint density at radius 1 is 1.58 bits per heavy atom. The third-order valence-electron chi connectivity index (χ3n) is 4.03. The molecule has 0 bridgehead atoms. The van der Waals surface area contributed by atoms with Crippen LogP contribution in [0.3, 0.4) is 0 Å². The van der Waals surface area contributed by atoms with Gasteiger partial charge < -0.3 is 19.4 Å². The fourth-order valence-corrected chi connectivity index (χ4v) is 3.07. The molecular formula is C15H16O4. The Labute approximate surface area is 111 Å². The van der Waals surface area contributed by atoms with E-state index in [-0.39, 0.29) is 6.10 Å². The maximum atomic E-state index is 11.1. The molecule has 3 rings (SSSR count). The molecule has 19 heavy (non-hydrogen) atoms. The van der Waals surface area contributed by atoms with Gasteiger partial charge in [0.2, 0.25) is 0 Å². The van der Waals surface area contributed by atoms with Crippen molar-refractivity contribution in [3.63, 3.8) is 0 Å². The molecule has 3 atom stereocenters. The minimum Gasteiger partial charge on any atom is -0.493 e. The molecule has 4 heteroatoms. The smallest absolute Gasteiger partial charge is 0.165 e. The van der Waals surface area contributed by atoms with Crippen LogP contribution in [0.2, 0.25) is 0 Å². The van der Waals surface area contributed by atoms with Gasteiger partial charge >= 0.3 is 0 Å². The fourth-order valence-electron chi connectivity index (χ4n) is 3.07. The number of aliphatic hydroxyl groups excluding tert-OH is 1. The van der Waals surface area contributed by atoms with Crippen molar-refractivity contribution in [1.82, 2.24) is 0 Å². The van der Waals surface area contributed by atoms with Crippen LogP contribution in [0.25, 0.3) is 0 Å². The van der Waals surface area contributed by atoms with Crippen molar-refractivity contribution in [2.45, 2.75) is 30.5 Å². The summed E-state index contributed by atoms with van der Waals surface area (Å²) in [5, 5.41) is 9.76. The first kappa shape index (κ1) is 12.2. The van der Waals surface area contributed by atoms with E-state index < -0.39 is 11.5 Å². The molecule has 1 aromatic carbocycles. The van der Waals surface area contributed by atoms with Crippen molar-refractivity contribution >= 4 is 6.29 Å². The Kier molecular flexibility index (Phi) is 2.82. The second-order valence-electron chi connectivity index (χ2n) is 5.02. The van der Waals surface area contributed by atoms with Gasteiger partial charge in [0.15, 0.2) is 11.5 Å². The van der Waals surface area contributed by atoms with E-state index in [0.717, 1.165) is 11.8 Å². The van der Waals surface area contributed by atoms with Crippen LogP contribution in [0.15, 0.2) is 30.4 Å². The van der Waals surface area contributed by atoms with Crippen LogP contribution >= 0.6 is 0 Å². The Bertz CT molecular complexity index is 537. The van der Waals surface area contributed by atoms with Gasteiger partial charge in [0.25, 0.3) is 0 Å². The first-order valence-corrected chi connectivity index (χ1v) is 6.36. The molecule has 0 radical (unpaired) electrons. The van der Waals surface area contributed by atoms with Gasteiger partial charge in [0.05, 0.1) is 18.6 Å². The minimum absolute atomic E-state index is 0.219. The number of carbonyl (C=O) groups is 1. The van der Waals surface area contributed by atoms with Crippen molar-refractivity contribution in [3.8, 4) is 11.5 Å².